The first-order chi connectivity index (χ1) is 11.8. The molecule has 0 aromatic carbocycles. The van der Waals surface area contributed by atoms with Crippen molar-refractivity contribution in [1.29, 1.82) is 0 Å². The van der Waals surface area contributed by atoms with E-state index in [2.05, 4.69) is 46.4 Å². The Balaban J connectivity index is 2.11. The maximum absolute atomic E-state index is 13.3. The fourth-order valence-electron chi connectivity index (χ4n) is 4.97. The number of carbonyl (C=O) groups is 1. The van der Waals surface area contributed by atoms with Crippen LogP contribution in [0.4, 0.5) is 0 Å². The first-order valence-corrected chi connectivity index (χ1v) is 10.1. The molecule has 0 aromatic heterocycles. The highest BCUT2D eigenvalue weighted by Gasteiger charge is 2.61. The van der Waals surface area contributed by atoms with Gasteiger partial charge in [-0.25, -0.2) is 0 Å². The molecular weight excluding hydrogens is 314 g/mol. The van der Waals surface area contributed by atoms with Crippen LogP contribution in [-0.4, -0.2) is 49.3 Å². The summed E-state index contributed by atoms with van der Waals surface area (Å²) in [6.45, 7) is 13.3. The number of piperidine rings is 1. The van der Waals surface area contributed by atoms with Gasteiger partial charge in [-0.05, 0) is 36.0 Å². The summed E-state index contributed by atoms with van der Waals surface area (Å²) in [5.74, 6) is 2.91. The zero-order valence-electron chi connectivity index (χ0n) is 17.5. The van der Waals surface area contributed by atoms with Crippen molar-refractivity contribution in [2.24, 2.45) is 29.6 Å². The Hall–Kier alpha value is -0.610. The van der Waals surface area contributed by atoms with Crippen molar-refractivity contribution in [1.82, 2.24) is 4.90 Å². The number of rotatable bonds is 9. The number of methoxy groups -OCH3 is 2. The van der Waals surface area contributed by atoms with E-state index in [-0.39, 0.29) is 24.2 Å². The van der Waals surface area contributed by atoms with Crippen molar-refractivity contribution in [3.8, 4) is 0 Å². The Morgan fingerprint density at radius 1 is 1.16 bits per heavy atom. The zero-order valence-corrected chi connectivity index (χ0v) is 17.5. The lowest BCUT2D eigenvalue weighted by atomic mass is 9.86. The molecule has 0 bridgehead atoms. The van der Waals surface area contributed by atoms with Crippen molar-refractivity contribution < 1.29 is 14.3 Å². The van der Waals surface area contributed by atoms with E-state index in [4.69, 9.17) is 9.47 Å². The van der Waals surface area contributed by atoms with E-state index in [0.29, 0.717) is 42.1 Å². The molecule has 25 heavy (non-hydrogen) atoms. The molecule has 1 saturated heterocycles. The van der Waals surface area contributed by atoms with E-state index in [1.165, 1.54) is 0 Å². The first-order valence-electron chi connectivity index (χ1n) is 10.1. The van der Waals surface area contributed by atoms with Gasteiger partial charge >= 0.3 is 0 Å². The van der Waals surface area contributed by atoms with Crippen LogP contribution < -0.4 is 0 Å². The first kappa shape index (κ1) is 20.7. The topological polar surface area (TPSA) is 38.8 Å². The van der Waals surface area contributed by atoms with E-state index < -0.39 is 0 Å². The van der Waals surface area contributed by atoms with Crippen molar-refractivity contribution in [3.63, 3.8) is 0 Å². The molecule has 2 rings (SSSR count). The third-order valence-corrected chi connectivity index (χ3v) is 7.11. The lowest BCUT2D eigenvalue weighted by Crippen LogP contribution is -2.49. The molecule has 8 atom stereocenters. The Morgan fingerprint density at radius 2 is 1.80 bits per heavy atom. The van der Waals surface area contributed by atoms with Gasteiger partial charge < -0.3 is 14.4 Å². The number of hydrogen-bond donors (Lipinski definition) is 0. The van der Waals surface area contributed by atoms with E-state index in [0.717, 1.165) is 12.8 Å². The number of nitrogens with zero attached hydrogens (tertiary/aromatic N) is 1. The molecule has 0 radical (unpaired) electrons. The van der Waals surface area contributed by atoms with Crippen molar-refractivity contribution in [3.05, 3.63) is 0 Å². The van der Waals surface area contributed by atoms with E-state index >= 15 is 0 Å². The maximum atomic E-state index is 13.3. The molecule has 0 N–H and O–H groups in total. The Morgan fingerprint density at radius 3 is 2.28 bits per heavy atom. The van der Waals surface area contributed by atoms with Crippen LogP contribution in [0.3, 0.4) is 0 Å². The van der Waals surface area contributed by atoms with Crippen LogP contribution in [0.5, 0.6) is 0 Å². The smallest absolute Gasteiger partial charge is 0.225 e. The molecule has 0 spiro atoms. The molecule has 4 heteroatoms. The van der Waals surface area contributed by atoms with Crippen molar-refractivity contribution in [2.75, 3.05) is 14.2 Å². The largest absolute Gasteiger partial charge is 0.381 e. The number of amides is 1. The van der Waals surface area contributed by atoms with Gasteiger partial charge in [0.1, 0.15) is 0 Å². The molecule has 1 aliphatic carbocycles. The summed E-state index contributed by atoms with van der Waals surface area (Å²) in [6, 6.07) is 0.644. The summed E-state index contributed by atoms with van der Waals surface area (Å²) < 4.78 is 11.5. The molecule has 2 aliphatic rings. The van der Waals surface area contributed by atoms with Gasteiger partial charge in [0.05, 0.1) is 24.7 Å². The minimum atomic E-state index is -0.00347. The fraction of sp³-hybridized carbons (Fsp3) is 0.952. The number of ether oxygens (including phenoxy) is 2. The zero-order chi connectivity index (χ0) is 18.9. The average molecular weight is 354 g/mol. The van der Waals surface area contributed by atoms with Gasteiger partial charge in [0.25, 0.3) is 0 Å². The molecule has 0 aromatic rings. The van der Waals surface area contributed by atoms with E-state index in [9.17, 15) is 4.79 Å². The minimum Gasteiger partial charge on any atom is -0.381 e. The molecule has 146 valence electrons. The monoisotopic (exact) mass is 353 g/mol. The van der Waals surface area contributed by atoms with Gasteiger partial charge in [0.15, 0.2) is 0 Å². The maximum Gasteiger partial charge on any atom is 0.225 e. The Kier molecular flexibility index (Phi) is 6.94. The van der Waals surface area contributed by atoms with E-state index in [1.54, 1.807) is 14.2 Å². The standard InChI is InChI=1S/C21H39NO3/c1-9-13(4)14(5)18(24-7)11-19(23)22-17(21(25-8)12(2)3)10-16-15(6)20(16)22/h12-18,20-21H,9-11H2,1-8H3. The van der Waals surface area contributed by atoms with Crippen LogP contribution in [0.15, 0.2) is 0 Å². The van der Waals surface area contributed by atoms with Gasteiger partial charge in [0.2, 0.25) is 5.91 Å². The quantitative estimate of drug-likeness (QED) is 0.629. The lowest BCUT2D eigenvalue weighted by molar-refractivity contribution is -0.141. The van der Waals surface area contributed by atoms with Crippen LogP contribution in [0.25, 0.3) is 0 Å². The molecule has 1 heterocycles. The Labute approximate surface area is 154 Å². The highest BCUT2D eigenvalue weighted by Crippen LogP contribution is 2.54. The second-order valence-corrected chi connectivity index (χ2v) is 8.78. The van der Waals surface area contributed by atoms with Crippen LogP contribution in [0, 0.1) is 29.6 Å². The third-order valence-electron chi connectivity index (χ3n) is 7.11. The molecule has 2 fully saturated rings. The van der Waals surface area contributed by atoms with Gasteiger partial charge in [-0.15, -0.1) is 0 Å². The van der Waals surface area contributed by atoms with Crippen molar-refractivity contribution in [2.45, 2.75) is 85.1 Å². The molecule has 8 unspecified atom stereocenters. The van der Waals surface area contributed by atoms with E-state index in [1.807, 2.05) is 0 Å². The summed E-state index contributed by atoms with van der Waals surface area (Å²) in [5, 5.41) is 0. The average Bonchev–Trinajstić information content (AvgIpc) is 3.03. The molecular formula is C21H39NO3. The fourth-order valence-corrected chi connectivity index (χ4v) is 4.97. The SMILES string of the molecule is CCC(C)C(C)C(CC(=O)N1C(C(OC)C(C)C)CC2C(C)C21)OC. The predicted molar refractivity (Wildman–Crippen MR) is 101 cm³/mol. The summed E-state index contributed by atoms with van der Waals surface area (Å²) in [4.78, 5) is 15.4. The minimum absolute atomic E-state index is 0.00347. The molecule has 4 nitrogen and oxygen atoms in total. The van der Waals surface area contributed by atoms with Crippen LogP contribution >= 0.6 is 0 Å². The Bertz CT molecular complexity index is 452. The van der Waals surface area contributed by atoms with Crippen LogP contribution in [0.1, 0.15) is 60.8 Å². The van der Waals surface area contributed by atoms with Crippen molar-refractivity contribution >= 4 is 5.91 Å². The van der Waals surface area contributed by atoms with Crippen LogP contribution in [-0.2, 0) is 14.3 Å². The van der Waals surface area contributed by atoms with Gasteiger partial charge in [-0.1, -0.05) is 48.0 Å². The molecule has 1 saturated carbocycles. The molecule has 1 amide bonds. The number of fused-ring (bicyclic) bond motifs is 1. The number of likely N-dealkylation sites (tertiary alicyclic amines) is 1. The van der Waals surface area contributed by atoms with Crippen LogP contribution in [0.2, 0.25) is 0 Å². The van der Waals surface area contributed by atoms with Gasteiger partial charge in [-0.2, -0.15) is 0 Å². The number of hydrogen-bond acceptors (Lipinski definition) is 3. The second-order valence-electron chi connectivity index (χ2n) is 8.78. The summed E-state index contributed by atoms with van der Waals surface area (Å²) >= 11 is 0. The van der Waals surface area contributed by atoms with Gasteiger partial charge in [-0.3, -0.25) is 4.79 Å². The normalized spacial score (nSPS) is 33.1. The predicted octanol–water partition coefficient (Wildman–Crippen LogP) is 3.98. The summed E-state index contributed by atoms with van der Waals surface area (Å²) in [6.07, 6.45) is 2.81. The second kappa shape index (κ2) is 8.39. The summed E-state index contributed by atoms with van der Waals surface area (Å²) in [5.41, 5.74) is 0. The third kappa shape index (κ3) is 4.05. The highest BCUT2D eigenvalue weighted by atomic mass is 16.5. The van der Waals surface area contributed by atoms with Gasteiger partial charge in [0, 0.05) is 20.3 Å². The lowest BCUT2D eigenvalue weighted by Gasteiger charge is -2.37. The highest BCUT2D eigenvalue weighted by molar-refractivity contribution is 5.78. The summed E-state index contributed by atoms with van der Waals surface area (Å²) in [7, 11) is 3.52. The molecule has 1 aliphatic heterocycles. The number of carbonyl (C=O) groups excluding carboxylic acids is 1.